The lowest BCUT2D eigenvalue weighted by Gasteiger charge is -1.77. The number of carbonyl (C=O) groups is 1. The van der Waals surface area contributed by atoms with Gasteiger partial charge in [0.1, 0.15) is 5.76 Å². The number of aromatic nitrogens is 1. The van der Waals surface area contributed by atoms with Gasteiger partial charge in [0.25, 0.3) is 5.91 Å². The van der Waals surface area contributed by atoms with Gasteiger partial charge in [-0.25, -0.2) is 0 Å². The maximum absolute atomic E-state index is 10.4. The van der Waals surface area contributed by atoms with Crippen molar-refractivity contribution in [3.05, 3.63) is 17.5 Å². The standard InChI is InChI=1S/C5H5BrN2O2/c6-2-3-1-4(5(7)9)8-10-3/h1H,2H2,(H2,7,9). The van der Waals surface area contributed by atoms with Crippen molar-refractivity contribution in [2.45, 2.75) is 5.33 Å². The van der Waals surface area contributed by atoms with Gasteiger partial charge in [0.15, 0.2) is 5.69 Å². The van der Waals surface area contributed by atoms with Gasteiger partial charge >= 0.3 is 0 Å². The SMILES string of the molecule is NC(=O)c1cc(CBr)on1. The maximum Gasteiger partial charge on any atom is 0.270 e. The minimum Gasteiger partial charge on any atom is -0.364 e. The lowest BCUT2D eigenvalue weighted by molar-refractivity contribution is 0.0991. The Hall–Kier alpha value is -0.840. The maximum atomic E-state index is 10.4. The Labute approximate surface area is 65.5 Å². The van der Waals surface area contributed by atoms with E-state index in [0.717, 1.165) is 0 Å². The molecule has 1 aromatic heterocycles. The number of rotatable bonds is 2. The second-order valence-electron chi connectivity index (χ2n) is 1.68. The molecule has 54 valence electrons. The average molecular weight is 205 g/mol. The number of nitrogens with zero attached hydrogens (tertiary/aromatic N) is 1. The van der Waals surface area contributed by atoms with Gasteiger partial charge in [-0.1, -0.05) is 21.1 Å². The van der Waals surface area contributed by atoms with Crippen LogP contribution in [0.2, 0.25) is 0 Å². The smallest absolute Gasteiger partial charge is 0.270 e. The van der Waals surface area contributed by atoms with Gasteiger partial charge in [-0.3, -0.25) is 4.79 Å². The van der Waals surface area contributed by atoms with Crippen molar-refractivity contribution in [3.8, 4) is 0 Å². The van der Waals surface area contributed by atoms with Crippen molar-refractivity contribution >= 4 is 21.8 Å². The van der Waals surface area contributed by atoms with Crippen LogP contribution in [-0.4, -0.2) is 11.1 Å². The third-order valence-electron chi connectivity index (χ3n) is 0.943. The van der Waals surface area contributed by atoms with Crippen LogP contribution in [0.3, 0.4) is 0 Å². The summed E-state index contributed by atoms with van der Waals surface area (Å²) in [5, 5.41) is 3.94. The first kappa shape index (κ1) is 7.27. The number of primary amides is 1. The molecule has 1 heterocycles. The van der Waals surface area contributed by atoms with Crippen molar-refractivity contribution in [1.82, 2.24) is 5.16 Å². The summed E-state index contributed by atoms with van der Waals surface area (Å²) in [6.07, 6.45) is 0. The van der Waals surface area contributed by atoms with E-state index < -0.39 is 5.91 Å². The van der Waals surface area contributed by atoms with Crippen molar-refractivity contribution in [3.63, 3.8) is 0 Å². The van der Waals surface area contributed by atoms with E-state index in [1.54, 1.807) is 0 Å². The van der Waals surface area contributed by atoms with Crippen molar-refractivity contribution < 1.29 is 9.32 Å². The molecule has 0 bridgehead atoms. The molecular weight excluding hydrogens is 200 g/mol. The normalized spacial score (nSPS) is 9.70. The molecule has 0 atom stereocenters. The Balaban J connectivity index is 2.88. The van der Waals surface area contributed by atoms with Crippen molar-refractivity contribution in [1.29, 1.82) is 0 Å². The van der Waals surface area contributed by atoms with Crippen LogP contribution in [0.25, 0.3) is 0 Å². The molecule has 0 radical (unpaired) electrons. The average Bonchev–Trinajstić information content (AvgIpc) is 2.34. The fraction of sp³-hybridized carbons (Fsp3) is 0.200. The summed E-state index contributed by atoms with van der Waals surface area (Å²) < 4.78 is 4.68. The number of halogens is 1. The number of carbonyl (C=O) groups excluding carboxylic acids is 1. The minimum atomic E-state index is -0.573. The largest absolute Gasteiger partial charge is 0.364 e. The second kappa shape index (κ2) is 2.83. The van der Waals surface area contributed by atoms with E-state index in [1.807, 2.05) is 0 Å². The third-order valence-corrected chi connectivity index (χ3v) is 1.50. The van der Waals surface area contributed by atoms with Gasteiger partial charge in [0.05, 0.1) is 5.33 Å². The van der Waals surface area contributed by atoms with Crippen LogP contribution < -0.4 is 5.73 Å². The Bertz CT molecular complexity index is 246. The summed E-state index contributed by atoms with van der Waals surface area (Å²) >= 11 is 3.13. The molecule has 4 nitrogen and oxygen atoms in total. The topological polar surface area (TPSA) is 69.1 Å². The second-order valence-corrected chi connectivity index (χ2v) is 2.24. The first-order valence-corrected chi connectivity index (χ1v) is 3.67. The van der Waals surface area contributed by atoms with Crippen LogP contribution >= 0.6 is 15.9 Å². The minimum absolute atomic E-state index is 0.162. The van der Waals surface area contributed by atoms with E-state index in [4.69, 9.17) is 5.73 Å². The quantitative estimate of drug-likeness (QED) is 0.721. The summed E-state index contributed by atoms with van der Waals surface area (Å²) in [4.78, 5) is 10.4. The van der Waals surface area contributed by atoms with Crippen molar-refractivity contribution in [2.75, 3.05) is 0 Å². The summed E-state index contributed by atoms with van der Waals surface area (Å²) in [5.74, 6) is 0.0183. The zero-order chi connectivity index (χ0) is 7.56. The molecule has 2 N–H and O–H groups in total. The van der Waals surface area contributed by atoms with Crippen LogP contribution in [0, 0.1) is 0 Å². The number of hydrogen-bond donors (Lipinski definition) is 1. The van der Waals surface area contributed by atoms with Gasteiger partial charge in [-0.15, -0.1) is 0 Å². The van der Waals surface area contributed by atoms with Gasteiger partial charge in [-0.2, -0.15) is 0 Å². The Kier molecular flexibility index (Phi) is 2.06. The number of hydrogen-bond acceptors (Lipinski definition) is 3. The van der Waals surface area contributed by atoms with Crippen LogP contribution in [0.15, 0.2) is 10.6 Å². The molecule has 0 unspecified atom stereocenters. The van der Waals surface area contributed by atoms with E-state index in [9.17, 15) is 4.79 Å². The van der Waals surface area contributed by atoms with Crippen LogP contribution in [0.4, 0.5) is 0 Å². The van der Waals surface area contributed by atoms with E-state index in [1.165, 1.54) is 6.07 Å². The van der Waals surface area contributed by atoms with Crippen LogP contribution in [0.5, 0.6) is 0 Å². The van der Waals surface area contributed by atoms with Gasteiger partial charge in [0.2, 0.25) is 0 Å². The Morgan fingerprint density at radius 3 is 2.90 bits per heavy atom. The molecule has 0 aliphatic rings. The zero-order valence-corrected chi connectivity index (χ0v) is 6.59. The Morgan fingerprint density at radius 1 is 1.90 bits per heavy atom. The third kappa shape index (κ3) is 1.36. The lowest BCUT2D eigenvalue weighted by atomic mass is 10.4. The first-order valence-electron chi connectivity index (χ1n) is 2.55. The van der Waals surface area contributed by atoms with E-state index >= 15 is 0 Å². The van der Waals surface area contributed by atoms with E-state index in [0.29, 0.717) is 11.1 Å². The highest BCUT2D eigenvalue weighted by Gasteiger charge is 2.06. The summed E-state index contributed by atoms with van der Waals surface area (Å²) in [6.45, 7) is 0. The highest BCUT2D eigenvalue weighted by molar-refractivity contribution is 9.08. The fourth-order valence-corrected chi connectivity index (χ4v) is 0.756. The monoisotopic (exact) mass is 204 g/mol. The molecule has 0 aromatic carbocycles. The predicted octanol–water partition coefficient (Wildman–Crippen LogP) is 0.668. The predicted molar refractivity (Wildman–Crippen MR) is 37.7 cm³/mol. The number of nitrogens with two attached hydrogens (primary N) is 1. The number of alkyl halides is 1. The molecule has 0 saturated heterocycles. The zero-order valence-electron chi connectivity index (χ0n) is 5.00. The lowest BCUT2D eigenvalue weighted by Crippen LogP contribution is -2.10. The molecule has 1 amide bonds. The van der Waals surface area contributed by atoms with Crippen molar-refractivity contribution in [2.24, 2.45) is 5.73 Å². The Morgan fingerprint density at radius 2 is 2.60 bits per heavy atom. The van der Waals surface area contributed by atoms with Crippen LogP contribution in [-0.2, 0) is 5.33 Å². The summed E-state index contributed by atoms with van der Waals surface area (Å²) in [5.41, 5.74) is 5.07. The molecule has 0 aliphatic heterocycles. The number of amides is 1. The summed E-state index contributed by atoms with van der Waals surface area (Å²) in [7, 11) is 0. The highest BCUT2D eigenvalue weighted by atomic mass is 79.9. The molecule has 0 spiro atoms. The summed E-state index contributed by atoms with van der Waals surface area (Å²) in [6, 6.07) is 1.50. The molecule has 0 fully saturated rings. The molecule has 0 aliphatic carbocycles. The highest BCUT2D eigenvalue weighted by Crippen LogP contribution is 2.06. The van der Waals surface area contributed by atoms with Gasteiger partial charge in [0, 0.05) is 6.07 Å². The molecule has 0 saturated carbocycles. The molecular formula is C5H5BrN2O2. The molecule has 1 aromatic rings. The van der Waals surface area contributed by atoms with E-state index in [2.05, 4.69) is 25.6 Å². The first-order chi connectivity index (χ1) is 4.74. The van der Waals surface area contributed by atoms with Gasteiger partial charge < -0.3 is 10.3 Å². The molecule has 1 rings (SSSR count). The molecule has 10 heavy (non-hydrogen) atoms. The fourth-order valence-electron chi connectivity index (χ4n) is 0.492. The molecule has 5 heteroatoms. The van der Waals surface area contributed by atoms with Crippen LogP contribution in [0.1, 0.15) is 16.2 Å². The van der Waals surface area contributed by atoms with Gasteiger partial charge in [-0.05, 0) is 0 Å². The van der Waals surface area contributed by atoms with E-state index in [-0.39, 0.29) is 5.69 Å².